The predicted octanol–water partition coefficient (Wildman–Crippen LogP) is 2.27. The van der Waals surface area contributed by atoms with E-state index < -0.39 is 0 Å². The minimum Gasteiger partial charge on any atom is -0.497 e. The second-order valence-corrected chi connectivity index (χ2v) is 2.52. The molecule has 0 aliphatic heterocycles. The van der Waals surface area contributed by atoms with E-state index in [1.165, 1.54) is 11.1 Å². The van der Waals surface area contributed by atoms with Gasteiger partial charge in [0.25, 0.3) is 0 Å². The molecular weight excluding hydrogens is 136 g/mol. The van der Waals surface area contributed by atoms with Gasteiger partial charge < -0.3 is 4.74 Å². The summed E-state index contributed by atoms with van der Waals surface area (Å²) in [5.74, 6) is 0.920. The van der Waals surface area contributed by atoms with Gasteiger partial charge in [-0.1, -0.05) is 18.2 Å². The molecule has 0 N–H and O–H groups in total. The lowest BCUT2D eigenvalue weighted by molar-refractivity contribution is 0.414. The van der Waals surface area contributed by atoms with Crippen LogP contribution in [0.3, 0.4) is 0 Å². The molecule has 0 spiro atoms. The molecule has 0 saturated heterocycles. The topological polar surface area (TPSA) is 9.23 Å². The van der Waals surface area contributed by atoms with Gasteiger partial charge in [-0.3, -0.25) is 0 Å². The molecule has 0 aromatic heterocycles. The van der Waals surface area contributed by atoms with Crippen LogP contribution in [0.25, 0.3) is 6.08 Å². The van der Waals surface area contributed by atoms with E-state index in [-0.39, 0.29) is 0 Å². The first-order chi connectivity index (χ1) is 5.40. The van der Waals surface area contributed by atoms with Crippen molar-refractivity contribution in [2.75, 3.05) is 7.11 Å². The van der Waals surface area contributed by atoms with Crippen molar-refractivity contribution in [3.8, 4) is 5.75 Å². The van der Waals surface area contributed by atoms with Gasteiger partial charge in [0, 0.05) is 6.42 Å². The summed E-state index contributed by atoms with van der Waals surface area (Å²) in [4.78, 5) is 0. The third-order valence-electron chi connectivity index (χ3n) is 1.85. The Labute approximate surface area is 66.3 Å². The van der Waals surface area contributed by atoms with Crippen LogP contribution in [0.5, 0.6) is 5.75 Å². The maximum atomic E-state index is 5.09. The smallest absolute Gasteiger partial charge is 0.119 e. The van der Waals surface area contributed by atoms with Crippen molar-refractivity contribution in [3.05, 3.63) is 41.8 Å². The Kier molecular flexibility index (Phi) is 1.42. The van der Waals surface area contributed by atoms with E-state index in [1.807, 2.05) is 18.2 Å². The maximum Gasteiger partial charge on any atom is 0.119 e. The van der Waals surface area contributed by atoms with Gasteiger partial charge in [0.1, 0.15) is 5.75 Å². The molecule has 1 nitrogen and oxygen atoms in total. The van der Waals surface area contributed by atoms with Gasteiger partial charge in [-0.15, -0.1) is 0 Å². The maximum absolute atomic E-state index is 5.09. The summed E-state index contributed by atoms with van der Waals surface area (Å²) in [5.41, 5.74) is 2.51. The number of benzene rings is 1. The zero-order valence-corrected chi connectivity index (χ0v) is 6.37. The van der Waals surface area contributed by atoms with Gasteiger partial charge in [0.15, 0.2) is 0 Å². The fourth-order valence-corrected chi connectivity index (χ4v) is 1.23. The highest BCUT2D eigenvalue weighted by Crippen LogP contribution is 2.24. The SMILES string of the molecule is COc1ccc2c(c1)C=C[CH]2. The Balaban J connectivity index is 2.47. The highest BCUT2D eigenvalue weighted by Gasteiger charge is 2.04. The molecule has 1 aliphatic carbocycles. The van der Waals surface area contributed by atoms with Gasteiger partial charge in [-0.05, 0) is 23.3 Å². The van der Waals surface area contributed by atoms with Crippen LogP contribution in [-0.2, 0) is 0 Å². The average molecular weight is 145 g/mol. The van der Waals surface area contributed by atoms with E-state index in [4.69, 9.17) is 4.74 Å². The molecule has 0 fully saturated rings. The van der Waals surface area contributed by atoms with E-state index >= 15 is 0 Å². The number of hydrogen-bond donors (Lipinski definition) is 0. The van der Waals surface area contributed by atoms with Crippen molar-refractivity contribution in [1.29, 1.82) is 0 Å². The van der Waals surface area contributed by atoms with Gasteiger partial charge in [-0.2, -0.15) is 0 Å². The van der Waals surface area contributed by atoms with Crippen LogP contribution in [0, 0.1) is 6.42 Å². The first-order valence-electron chi connectivity index (χ1n) is 3.59. The largest absolute Gasteiger partial charge is 0.497 e. The first-order valence-corrected chi connectivity index (χ1v) is 3.59. The fraction of sp³-hybridized carbons (Fsp3) is 0.100. The number of rotatable bonds is 1. The van der Waals surface area contributed by atoms with Crippen LogP contribution in [0.1, 0.15) is 11.1 Å². The minimum atomic E-state index is 0.920. The number of hydrogen-bond acceptors (Lipinski definition) is 1. The predicted molar refractivity (Wildman–Crippen MR) is 45.4 cm³/mol. The lowest BCUT2D eigenvalue weighted by Gasteiger charge is -2.01. The number of fused-ring (bicyclic) bond motifs is 1. The van der Waals surface area contributed by atoms with Gasteiger partial charge in [-0.25, -0.2) is 0 Å². The Morgan fingerprint density at radius 1 is 1.18 bits per heavy atom. The molecule has 2 rings (SSSR count). The van der Waals surface area contributed by atoms with Crippen molar-refractivity contribution in [2.24, 2.45) is 0 Å². The summed E-state index contributed by atoms with van der Waals surface area (Å²) >= 11 is 0. The Morgan fingerprint density at radius 2 is 2.09 bits per heavy atom. The van der Waals surface area contributed by atoms with Crippen LogP contribution in [0.2, 0.25) is 0 Å². The van der Waals surface area contributed by atoms with Crippen molar-refractivity contribution in [3.63, 3.8) is 0 Å². The lowest BCUT2D eigenvalue weighted by Crippen LogP contribution is -1.84. The molecule has 1 heteroatoms. The molecule has 1 aromatic rings. The van der Waals surface area contributed by atoms with Crippen LogP contribution >= 0.6 is 0 Å². The van der Waals surface area contributed by atoms with Gasteiger partial charge >= 0.3 is 0 Å². The van der Waals surface area contributed by atoms with Crippen molar-refractivity contribution >= 4 is 6.08 Å². The molecule has 0 amide bonds. The van der Waals surface area contributed by atoms with Crippen LogP contribution in [0.4, 0.5) is 0 Å². The average Bonchev–Trinajstić information content (AvgIpc) is 2.50. The molecule has 1 aromatic carbocycles. The Bertz CT molecular complexity index is 300. The van der Waals surface area contributed by atoms with Crippen LogP contribution in [-0.4, -0.2) is 7.11 Å². The molecule has 1 aliphatic rings. The second kappa shape index (κ2) is 2.42. The van der Waals surface area contributed by atoms with Gasteiger partial charge in [0.2, 0.25) is 0 Å². The molecular formula is C10H9O. The quantitative estimate of drug-likeness (QED) is 0.589. The Hall–Kier alpha value is -1.24. The molecule has 1 radical (unpaired) electrons. The first kappa shape index (κ1) is 6.47. The van der Waals surface area contributed by atoms with Crippen molar-refractivity contribution in [2.45, 2.75) is 0 Å². The van der Waals surface area contributed by atoms with Crippen molar-refractivity contribution < 1.29 is 4.74 Å². The van der Waals surface area contributed by atoms with Gasteiger partial charge in [0.05, 0.1) is 7.11 Å². The molecule has 0 heterocycles. The third kappa shape index (κ3) is 1.03. The molecule has 0 unspecified atom stereocenters. The summed E-state index contributed by atoms with van der Waals surface area (Å²) in [6, 6.07) is 6.08. The summed E-state index contributed by atoms with van der Waals surface area (Å²) < 4.78 is 5.09. The number of allylic oxidation sites excluding steroid dienone is 1. The summed E-state index contributed by atoms with van der Waals surface area (Å²) in [5, 5.41) is 0. The Morgan fingerprint density at radius 3 is 2.91 bits per heavy atom. The zero-order valence-electron chi connectivity index (χ0n) is 6.37. The molecule has 0 bridgehead atoms. The number of ether oxygens (including phenoxy) is 1. The third-order valence-corrected chi connectivity index (χ3v) is 1.85. The standard InChI is InChI=1S/C10H9O/c1-11-10-6-5-8-3-2-4-9(8)7-10/h2-7H,1H3. The van der Waals surface area contributed by atoms with Crippen LogP contribution in [0.15, 0.2) is 24.3 Å². The molecule has 0 saturated carbocycles. The van der Waals surface area contributed by atoms with E-state index in [2.05, 4.69) is 18.6 Å². The lowest BCUT2D eigenvalue weighted by atomic mass is 10.1. The number of methoxy groups -OCH3 is 1. The summed E-state index contributed by atoms with van der Waals surface area (Å²) in [6.07, 6.45) is 6.22. The normalized spacial score (nSPS) is 13.2. The molecule has 0 atom stereocenters. The summed E-state index contributed by atoms with van der Waals surface area (Å²) in [7, 11) is 1.68. The van der Waals surface area contributed by atoms with E-state index in [9.17, 15) is 0 Å². The van der Waals surface area contributed by atoms with Crippen molar-refractivity contribution in [1.82, 2.24) is 0 Å². The minimum absolute atomic E-state index is 0.920. The molecule has 55 valence electrons. The summed E-state index contributed by atoms with van der Waals surface area (Å²) in [6.45, 7) is 0. The monoisotopic (exact) mass is 145 g/mol. The zero-order chi connectivity index (χ0) is 7.68. The fourth-order valence-electron chi connectivity index (χ4n) is 1.23. The second-order valence-electron chi connectivity index (χ2n) is 2.52. The van der Waals surface area contributed by atoms with Crippen LogP contribution < -0.4 is 4.74 Å². The molecule has 11 heavy (non-hydrogen) atoms. The van der Waals surface area contributed by atoms with E-state index in [1.54, 1.807) is 7.11 Å². The highest BCUT2D eigenvalue weighted by molar-refractivity contribution is 5.66. The van der Waals surface area contributed by atoms with E-state index in [0.717, 1.165) is 5.75 Å². The highest BCUT2D eigenvalue weighted by atomic mass is 16.5. The van der Waals surface area contributed by atoms with E-state index in [0.29, 0.717) is 0 Å².